The Hall–Kier alpha value is -3.54. The van der Waals surface area contributed by atoms with E-state index in [1.165, 1.54) is 12.0 Å². The largest absolute Gasteiger partial charge is 0.468 e. The van der Waals surface area contributed by atoms with Gasteiger partial charge in [0.05, 0.1) is 7.11 Å². The van der Waals surface area contributed by atoms with Crippen molar-refractivity contribution in [1.82, 2.24) is 15.5 Å². The number of nitrogens with one attached hydrogen (secondary N) is 2. The molecule has 1 aromatic carbocycles. The van der Waals surface area contributed by atoms with E-state index in [0.29, 0.717) is 29.9 Å². The van der Waals surface area contributed by atoms with Gasteiger partial charge in [0.15, 0.2) is 0 Å². The number of hydrogen-bond donors (Lipinski definition) is 2. The van der Waals surface area contributed by atoms with Gasteiger partial charge in [-0.25, -0.2) is 4.79 Å². The Kier molecular flexibility index (Phi) is 13.7. The van der Waals surface area contributed by atoms with Crippen LogP contribution in [0.4, 0.5) is 4.79 Å². The van der Waals surface area contributed by atoms with Crippen molar-refractivity contribution in [2.75, 3.05) is 13.7 Å². The SMILES string of the molecule is C#Cc1ccccc1C(C(=O)NCC(=O)OC)N(C(=O)C(NC(=O)OC(C)(C)C)C(C)CC)C(C)CCC(C)C. The summed E-state index contributed by atoms with van der Waals surface area (Å²) in [5.74, 6) is 1.03. The van der Waals surface area contributed by atoms with Gasteiger partial charge in [0, 0.05) is 11.6 Å². The summed E-state index contributed by atoms with van der Waals surface area (Å²) in [6.07, 6.45) is 7.06. The molecule has 0 aromatic heterocycles. The number of esters is 1. The molecule has 9 heteroatoms. The zero-order chi connectivity index (χ0) is 30.6. The number of amides is 3. The van der Waals surface area contributed by atoms with E-state index in [9.17, 15) is 19.2 Å². The number of rotatable bonds is 13. The first-order valence-corrected chi connectivity index (χ1v) is 13.9. The highest BCUT2D eigenvalue weighted by atomic mass is 16.6. The highest BCUT2D eigenvalue weighted by Gasteiger charge is 2.41. The minimum absolute atomic E-state index is 0.276. The average Bonchev–Trinajstić information content (AvgIpc) is 2.89. The van der Waals surface area contributed by atoms with Crippen LogP contribution < -0.4 is 10.6 Å². The van der Waals surface area contributed by atoms with E-state index in [0.717, 1.165) is 6.42 Å². The van der Waals surface area contributed by atoms with E-state index >= 15 is 0 Å². The van der Waals surface area contributed by atoms with Gasteiger partial charge in [0.2, 0.25) is 11.8 Å². The number of carbonyl (C=O) groups excluding carboxylic acids is 4. The Morgan fingerprint density at radius 1 is 1.05 bits per heavy atom. The Labute approximate surface area is 239 Å². The van der Waals surface area contributed by atoms with Crippen LogP contribution in [-0.4, -0.2) is 60.1 Å². The van der Waals surface area contributed by atoms with Gasteiger partial charge in [0.25, 0.3) is 0 Å². The molecule has 0 radical (unpaired) electrons. The molecule has 4 atom stereocenters. The van der Waals surface area contributed by atoms with Crippen LogP contribution in [0.1, 0.15) is 91.8 Å². The maximum Gasteiger partial charge on any atom is 0.408 e. The molecule has 1 rings (SSSR count). The van der Waals surface area contributed by atoms with Crippen molar-refractivity contribution < 1.29 is 28.7 Å². The van der Waals surface area contributed by atoms with Gasteiger partial charge in [-0.05, 0) is 64.0 Å². The summed E-state index contributed by atoms with van der Waals surface area (Å²) in [6.45, 7) is 14.7. The second-order valence-electron chi connectivity index (χ2n) is 11.5. The van der Waals surface area contributed by atoms with E-state index in [1.807, 2.05) is 20.8 Å². The minimum Gasteiger partial charge on any atom is -0.468 e. The Balaban J connectivity index is 3.75. The molecule has 0 bridgehead atoms. The van der Waals surface area contributed by atoms with Crippen molar-refractivity contribution in [2.45, 2.75) is 98.4 Å². The normalized spacial score (nSPS) is 14.2. The van der Waals surface area contributed by atoms with Gasteiger partial charge in [0.1, 0.15) is 24.2 Å². The van der Waals surface area contributed by atoms with Crippen molar-refractivity contribution in [3.8, 4) is 12.3 Å². The first-order chi connectivity index (χ1) is 18.7. The third kappa shape index (κ3) is 10.6. The number of methoxy groups -OCH3 is 1. The predicted molar refractivity (Wildman–Crippen MR) is 155 cm³/mol. The van der Waals surface area contributed by atoms with Crippen LogP contribution in [0.2, 0.25) is 0 Å². The molecule has 40 heavy (non-hydrogen) atoms. The topological polar surface area (TPSA) is 114 Å². The van der Waals surface area contributed by atoms with E-state index in [-0.39, 0.29) is 12.5 Å². The summed E-state index contributed by atoms with van der Waals surface area (Å²) in [7, 11) is 1.22. The Morgan fingerprint density at radius 2 is 1.68 bits per heavy atom. The molecule has 0 saturated heterocycles. The summed E-state index contributed by atoms with van der Waals surface area (Å²) in [5, 5.41) is 5.36. The molecule has 0 saturated carbocycles. The summed E-state index contributed by atoms with van der Waals surface area (Å²) < 4.78 is 10.2. The first kappa shape index (κ1) is 34.5. The number of alkyl carbamates (subject to hydrolysis) is 1. The Bertz CT molecular complexity index is 1060. The van der Waals surface area contributed by atoms with Crippen LogP contribution in [0.25, 0.3) is 0 Å². The predicted octanol–water partition coefficient (Wildman–Crippen LogP) is 4.59. The second-order valence-corrected chi connectivity index (χ2v) is 11.5. The zero-order valence-electron chi connectivity index (χ0n) is 25.5. The van der Waals surface area contributed by atoms with Crippen LogP contribution in [0.5, 0.6) is 0 Å². The molecular weight excluding hydrogens is 510 g/mol. The van der Waals surface area contributed by atoms with Crippen LogP contribution in [0, 0.1) is 24.2 Å². The minimum atomic E-state index is -1.17. The zero-order valence-corrected chi connectivity index (χ0v) is 25.5. The van der Waals surface area contributed by atoms with Gasteiger partial charge in [-0.15, -0.1) is 6.42 Å². The van der Waals surface area contributed by atoms with Gasteiger partial charge in [-0.2, -0.15) is 0 Å². The fourth-order valence-electron chi connectivity index (χ4n) is 4.20. The standard InChI is InChI=1S/C31H47N3O6/c1-11-21(5)26(33-30(38)40-31(7,8)9)29(37)34(22(6)18-17-20(3)4)27(28(36)32-19-25(35)39-10)24-16-14-13-15-23(24)12-2/h2,13-16,20-22,26-27H,11,17-19H2,1,3-10H3,(H,32,36)(H,33,38). The lowest BCUT2D eigenvalue weighted by Gasteiger charge is -2.40. The van der Waals surface area contributed by atoms with Crippen LogP contribution in [-0.2, 0) is 23.9 Å². The lowest BCUT2D eigenvalue weighted by atomic mass is 9.92. The number of nitrogens with zero attached hydrogens (tertiary/aromatic N) is 1. The summed E-state index contributed by atoms with van der Waals surface area (Å²) >= 11 is 0. The molecule has 0 aliphatic rings. The Morgan fingerprint density at radius 3 is 2.20 bits per heavy atom. The molecule has 222 valence electrons. The summed E-state index contributed by atoms with van der Waals surface area (Å²) in [6, 6.07) is 4.33. The van der Waals surface area contributed by atoms with Crippen LogP contribution in [0.3, 0.4) is 0 Å². The molecular formula is C31H47N3O6. The maximum absolute atomic E-state index is 14.5. The smallest absolute Gasteiger partial charge is 0.408 e. The third-order valence-corrected chi connectivity index (χ3v) is 6.61. The molecule has 0 fully saturated rings. The highest BCUT2D eigenvalue weighted by molar-refractivity contribution is 5.94. The fourth-order valence-corrected chi connectivity index (χ4v) is 4.20. The molecule has 0 heterocycles. The van der Waals surface area contributed by atoms with Crippen LogP contribution >= 0.6 is 0 Å². The lowest BCUT2D eigenvalue weighted by molar-refractivity contribution is -0.147. The molecule has 0 aliphatic heterocycles. The molecule has 2 N–H and O–H groups in total. The van der Waals surface area contributed by atoms with Gasteiger partial charge in [-0.3, -0.25) is 14.4 Å². The van der Waals surface area contributed by atoms with Gasteiger partial charge < -0.3 is 25.0 Å². The number of ether oxygens (including phenoxy) is 2. The number of carbonyl (C=O) groups is 4. The van der Waals surface area contributed by atoms with Crippen molar-refractivity contribution in [3.05, 3.63) is 35.4 Å². The van der Waals surface area contributed by atoms with Crippen molar-refractivity contribution in [2.24, 2.45) is 11.8 Å². The van der Waals surface area contributed by atoms with E-state index in [2.05, 4.69) is 30.4 Å². The summed E-state index contributed by atoms with van der Waals surface area (Å²) in [4.78, 5) is 54.5. The quantitative estimate of drug-likeness (QED) is 0.271. The molecule has 1 aromatic rings. The average molecular weight is 558 g/mol. The summed E-state index contributed by atoms with van der Waals surface area (Å²) in [5.41, 5.74) is 0.117. The molecule has 3 amide bonds. The van der Waals surface area contributed by atoms with Crippen molar-refractivity contribution in [3.63, 3.8) is 0 Å². The monoisotopic (exact) mass is 557 g/mol. The highest BCUT2D eigenvalue weighted by Crippen LogP contribution is 2.30. The van der Waals surface area contributed by atoms with Gasteiger partial charge >= 0.3 is 12.1 Å². The fraction of sp³-hybridized carbons (Fsp3) is 0.613. The first-order valence-electron chi connectivity index (χ1n) is 13.9. The van der Waals surface area contributed by atoms with Gasteiger partial charge in [-0.1, -0.05) is 58.2 Å². The number of benzene rings is 1. The molecule has 0 spiro atoms. The number of terminal acetylenes is 1. The lowest BCUT2D eigenvalue weighted by Crippen LogP contribution is -2.57. The van der Waals surface area contributed by atoms with Crippen LogP contribution in [0.15, 0.2) is 24.3 Å². The molecule has 4 unspecified atom stereocenters. The van der Waals surface area contributed by atoms with E-state index < -0.39 is 47.6 Å². The molecule has 9 nitrogen and oxygen atoms in total. The molecule has 0 aliphatic carbocycles. The van der Waals surface area contributed by atoms with Crippen molar-refractivity contribution >= 4 is 23.9 Å². The third-order valence-electron chi connectivity index (χ3n) is 6.61. The van der Waals surface area contributed by atoms with E-state index in [1.54, 1.807) is 45.0 Å². The van der Waals surface area contributed by atoms with Crippen molar-refractivity contribution in [1.29, 1.82) is 0 Å². The maximum atomic E-state index is 14.5. The second kappa shape index (κ2) is 15.9. The number of hydrogen-bond acceptors (Lipinski definition) is 6. The van der Waals surface area contributed by atoms with E-state index in [4.69, 9.17) is 15.9 Å².